The van der Waals surface area contributed by atoms with E-state index in [0.717, 1.165) is 37.9 Å². The summed E-state index contributed by atoms with van der Waals surface area (Å²) in [5.74, 6) is 2.74. The molecule has 1 unspecified atom stereocenters. The second kappa shape index (κ2) is 8.31. The summed E-state index contributed by atoms with van der Waals surface area (Å²) >= 11 is 0. The first-order chi connectivity index (χ1) is 13.6. The number of carbonyl (C=O) groups is 2. The molecule has 0 bridgehead atoms. The third kappa shape index (κ3) is 4.35. The number of piperidine rings is 1. The molecule has 1 aromatic heterocycles. The summed E-state index contributed by atoms with van der Waals surface area (Å²) in [6.45, 7) is 3.88. The molecule has 1 aromatic rings. The van der Waals surface area contributed by atoms with Crippen molar-refractivity contribution in [3.63, 3.8) is 0 Å². The van der Waals surface area contributed by atoms with Gasteiger partial charge in [-0.2, -0.15) is 0 Å². The second-order valence-corrected chi connectivity index (χ2v) is 8.05. The van der Waals surface area contributed by atoms with Crippen molar-refractivity contribution in [2.75, 3.05) is 38.6 Å². The maximum Gasteiger partial charge on any atom is 0.244 e. The molecule has 0 radical (unpaired) electrons. The Morgan fingerprint density at radius 2 is 2.00 bits per heavy atom. The largest absolute Gasteiger partial charge is 0.384 e. The molecule has 3 fully saturated rings. The third-order valence-electron chi connectivity index (χ3n) is 6.27. The highest BCUT2D eigenvalue weighted by Crippen LogP contribution is 2.53. The molecular formula is C21H28N4O3. The van der Waals surface area contributed by atoms with Crippen molar-refractivity contribution in [2.24, 2.45) is 23.7 Å². The summed E-state index contributed by atoms with van der Waals surface area (Å²) in [5.41, 5.74) is 6.39. The van der Waals surface area contributed by atoms with Gasteiger partial charge in [-0.1, -0.05) is 0 Å². The molecule has 2 aliphatic heterocycles. The fourth-order valence-corrected chi connectivity index (χ4v) is 4.57. The van der Waals surface area contributed by atoms with E-state index < -0.39 is 0 Å². The Labute approximate surface area is 165 Å². The van der Waals surface area contributed by atoms with Gasteiger partial charge in [0, 0.05) is 51.0 Å². The summed E-state index contributed by atoms with van der Waals surface area (Å²) in [6.07, 6.45) is 7.60. The number of carbonyl (C=O) groups excluding carboxylic acids is 2. The van der Waals surface area contributed by atoms with Crippen LogP contribution in [0.25, 0.3) is 6.08 Å². The van der Waals surface area contributed by atoms with Gasteiger partial charge >= 0.3 is 0 Å². The predicted molar refractivity (Wildman–Crippen MR) is 106 cm³/mol. The van der Waals surface area contributed by atoms with Crippen LogP contribution in [0.1, 0.15) is 24.8 Å². The minimum atomic E-state index is -0.0982. The highest BCUT2D eigenvalue weighted by molar-refractivity contribution is 5.91. The van der Waals surface area contributed by atoms with Gasteiger partial charge in [0.05, 0.1) is 0 Å². The fourth-order valence-electron chi connectivity index (χ4n) is 4.57. The minimum Gasteiger partial charge on any atom is -0.384 e. The first-order valence-corrected chi connectivity index (χ1v) is 10.2. The number of hydrogen-bond acceptors (Lipinski definition) is 5. The van der Waals surface area contributed by atoms with Gasteiger partial charge in [-0.25, -0.2) is 4.98 Å². The van der Waals surface area contributed by atoms with E-state index in [9.17, 15) is 9.59 Å². The number of aromatic nitrogens is 1. The lowest BCUT2D eigenvalue weighted by Gasteiger charge is -2.28. The number of hydrogen-bond donors (Lipinski definition) is 2. The molecule has 2 saturated heterocycles. The molecule has 3 aliphatic rings. The molecule has 7 heteroatoms. The zero-order valence-corrected chi connectivity index (χ0v) is 16.0. The number of nitrogens with zero attached hydrogens (tertiary/aromatic N) is 2. The Morgan fingerprint density at radius 1 is 1.25 bits per heavy atom. The molecular weight excluding hydrogens is 356 g/mol. The zero-order chi connectivity index (χ0) is 19.5. The van der Waals surface area contributed by atoms with E-state index in [1.54, 1.807) is 18.3 Å². The summed E-state index contributed by atoms with van der Waals surface area (Å²) in [7, 11) is 0. The quantitative estimate of drug-likeness (QED) is 0.721. The molecule has 7 nitrogen and oxygen atoms in total. The van der Waals surface area contributed by atoms with Crippen molar-refractivity contribution < 1.29 is 14.3 Å². The highest BCUT2D eigenvalue weighted by Gasteiger charge is 2.56. The molecule has 3 atom stereocenters. The van der Waals surface area contributed by atoms with Gasteiger partial charge in [-0.3, -0.25) is 9.59 Å². The van der Waals surface area contributed by atoms with Crippen molar-refractivity contribution >= 4 is 23.7 Å². The minimum absolute atomic E-state index is 0.0982. The van der Waals surface area contributed by atoms with E-state index in [1.807, 2.05) is 6.07 Å². The van der Waals surface area contributed by atoms with Gasteiger partial charge in [0.15, 0.2) is 0 Å². The Bertz CT molecular complexity index is 731. The standard InChI is InChI=1S/C21H28N4O3/c22-19-3-1-14(11-24-19)2-4-20(26)23-8-5-16-17-12-25(13-18(16)17)21(27)15-6-9-28-10-7-15/h1-4,11,15-18H,5-10,12-13H2,(H2,22,24)(H,23,26)/b4-2+/t16?,17-,18+. The van der Waals surface area contributed by atoms with Crippen molar-refractivity contribution in [1.29, 1.82) is 0 Å². The number of likely N-dealkylation sites (tertiary alicyclic amines) is 1. The lowest BCUT2D eigenvalue weighted by molar-refractivity contribution is -0.138. The van der Waals surface area contributed by atoms with Gasteiger partial charge in [0.2, 0.25) is 11.8 Å². The van der Waals surface area contributed by atoms with Crippen LogP contribution in [0.15, 0.2) is 24.4 Å². The molecule has 1 aliphatic carbocycles. The molecule has 0 aromatic carbocycles. The SMILES string of the molecule is Nc1ccc(/C=C/C(=O)NCCC2[C@H]3CN(C(=O)C4CCOCC4)C[C@@H]23)cn1. The lowest BCUT2D eigenvalue weighted by Crippen LogP contribution is -2.38. The first kappa shape index (κ1) is 18.9. The lowest BCUT2D eigenvalue weighted by atomic mass is 9.98. The molecule has 28 heavy (non-hydrogen) atoms. The Hall–Kier alpha value is -2.41. The van der Waals surface area contributed by atoms with E-state index in [2.05, 4.69) is 15.2 Å². The number of amides is 2. The van der Waals surface area contributed by atoms with Crippen LogP contribution < -0.4 is 11.1 Å². The summed E-state index contributed by atoms with van der Waals surface area (Å²) < 4.78 is 5.35. The van der Waals surface area contributed by atoms with Crippen LogP contribution in [0.4, 0.5) is 5.82 Å². The third-order valence-corrected chi connectivity index (χ3v) is 6.27. The Kier molecular flexibility index (Phi) is 5.62. The van der Waals surface area contributed by atoms with Crippen LogP contribution in [-0.2, 0) is 14.3 Å². The average Bonchev–Trinajstić information content (AvgIpc) is 3.16. The van der Waals surface area contributed by atoms with E-state index in [0.29, 0.717) is 49.2 Å². The number of nitrogen functional groups attached to an aromatic ring is 1. The molecule has 1 saturated carbocycles. The van der Waals surface area contributed by atoms with Gasteiger partial charge in [-0.15, -0.1) is 0 Å². The van der Waals surface area contributed by atoms with Gasteiger partial charge < -0.3 is 20.7 Å². The average molecular weight is 384 g/mol. The first-order valence-electron chi connectivity index (χ1n) is 10.2. The maximum absolute atomic E-state index is 12.6. The van der Waals surface area contributed by atoms with Crippen LogP contribution in [0.3, 0.4) is 0 Å². The number of ether oxygens (including phenoxy) is 1. The topological polar surface area (TPSA) is 97.6 Å². The van der Waals surface area contributed by atoms with Crippen molar-refractivity contribution in [3.05, 3.63) is 30.0 Å². The van der Waals surface area contributed by atoms with Crippen LogP contribution >= 0.6 is 0 Å². The number of nitrogens with two attached hydrogens (primary N) is 1. The van der Waals surface area contributed by atoms with E-state index in [-0.39, 0.29) is 11.8 Å². The molecule has 4 rings (SSSR count). The van der Waals surface area contributed by atoms with Crippen LogP contribution in [-0.4, -0.2) is 54.5 Å². The molecule has 2 amide bonds. The smallest absolute Gasteiger partial charge is 0.244 e. The highest BCUT2D eigenvalue weighted by atomic mass is 16.5. The molecule has 3 heterocycles. The molecule has 3 N–H and O–H groups in total. The van der Waals surface area contributed by atoms with E-state index in [4.69, 9.17) is 10.5 Å². The fraction of sp³-hybridized carbons (Fsp3) is 0.571. The zero-order valence-electron chi connectivity index (χ0n) is 16.0. The monoisotopic (exact) mass is 384 g/mol. The van der Waals surface area contributed by atoms with Crippen molar-refractivity contribution in [3.8, 4) is 0 Å². The summed E-state index contributed by atoms with van der Waals surface area (Å²) in [6, 6.07) is 3.53. The number of fused-ring (bicyclic) bond motifs is 1. The van der Waals surface area contributed by atoms with Crippen LogP contribution in [0, 0.1) is 23.7 Å². The van der Waals surface area contributed by atoms with Gasteiger partial charge in [0.25, 0.3) is 0 Å². The summed E-state index contributed by atoms with van der Waals surface area (Å²) in [4.78, 5) is 30.6. The number of nitrogens with one attached hydrogen (secondary N) is 1. The van der Waals surface area contributed by atoms with Gasteiger partial charge in [-0.05, 0) is 60.8 Å². The number of anilines is 1. The Morgan fingerprint density at radius 3 is 2.68 bits per heavy atom. The molecule has 150 valence electrons. The molecule has 0 spiro atoms. The van der Waals surface area contributed by atoms with Crippen molar-refractivity contribution in [1.82, 2.24) is 15.2 Å². The summed E-state index contributed by atoms with van der Waals surface area (Å²) in [5, 5.41) is 2.95. The van der Waals surface area contributed by atoms with Crippen LogP contribution in [0.5, 0.6) is 0 Å². The van der Waals surface area contributed by atoms with Gasteiger partial charge in [0.1, 0.15) is 5.82 Å². The predicted octanol–water partition coefficient (Wildman–Crippen LogP) is 1.31. The van der Waals surface area contributed by atoms with Crippen LogP contribution in [0.2, 0.25) is 0 Å². The maximum atomic E-state index is 12.6. The van der Waals surface area contributed by atoms with E-state index >= 15 is 0 Å². The Balaban J connectivity index is 1.14. The van der Waals surface area contributed by atoms with Crippen molar-refractivity contribution in [2.45, 2.75) is 19.3 Å². The van der Waals surface area contributed by atoms with E-state index in [1.165, 1.54) is 6.08 Å². The second-order valence-electron chi connectivity index (χ2n) is 8.05. The normalized spacial score (nSPS) is 27.0. The number of pyridine rings is 1. The number of rotatable bonds is 6.